The van der Waals surface area contributed by atoms with Gasteiger partial charge in [-0.25, -0.2) is 14.2 Å². The summed E-state index contributed by atoms with van der Waals surface area (Å²) in [4.78, 5) is 43.8. The van der Waals surface area contributed by atoms with E-state index in [4.69, 9.17) is 14.2 Å². The fraction of sp³-hybridized carbons (Fsp3) is 0.622. The van der Waals surface area contributed by atoms with E-state index in [0.717, 1.165) is 18.1 Å². The molecule has 1 N–H and O–H groups in total. The van der Waals surface area contributed by atoms with E-state index >= 15 is 4.39 Å². The van der Waals surface area contributed by atoms with Crippen molar-refractivity contribution in [3.63, 3.8) is 0 Å². The first-order valence-corrected chi connectivity index (χ1v) is 16.4. The maximum absolute atomic E-state index is 16.1. The molecule has 2 heterocycles. The highest BCUT2D eigenvalue weighted by Crippen LogP contribution is 2.41. The number of carbonyl (C=O) groups excluding carboxylic acids is 3. The summed E-state index contributed by atoms with van der Waals surface area (Å²) in [5.74, 6) is -5.14. The third kappa shape index (κ3) is 8.47. The largest absolute Gasteiger partial charge is 0.457 e. The molecule has 2 aliphatic rings. The van der Waals surface area contributed by atoms with Crippen LogP contribution in [0.25, 0.3) is 6.08 Å². The molecule has 2 fully saturated rings. The zero-order chi connectivity index (χ0) is 34.4. The first-order chi connectivity index (χ1) is 21.5. The van der Waals surface area contributed by atoms with Gasteiger partial charge in [-0.2, -0.15) is 0 Å². The summed E-state index contributed by atoms with van der Waals surface area (Å²) in [6.45, 7) is 14.7. The van der Waals surface area contributed by atoms with Gasteiger partial charge in [0.25, 0.3) is 5.67 Å². The number of esters is 1. The van der Waals surface area contributed by atoms with Gasteiger partial charge in [0.15, 0.2) is 5.78 Å². The van der Waals surface area contributed by atoms with Gasteiger partial charge in [0.1, 0.15) is 11.7 Å². The van der Waals surface area contributed by atoms with Crippen molar-refractivity contribution in [1.29, 1.82) is 0 Å². The summed E-state index contributed by atoms with van der Waals surface area (Å²) in [6.07, 6.45) is 4.84. The Morgan fingerprint density at radius 3 is 2.33 bits per heavy atom. The zero-order valence-electron chi connectivity index (χ0n) is 28.8. The number of ether oxygens (including phenoxy) is 3. The van der Waals surface area contributed by atoms with E-state index in [2.05, 4.69) is 4.99 Å². The molecule has 0 unspecified atom stereocenters. The van der Waals surface area contributed by atoms with Gasteiger partial charge in [0.05, 0.1) is 24.9 Å². The lowest BCUT2D eigenvalue weighted by atomic mass is 9.70. The molecule has 254 valence electrons. The van der Waals surface area contributed by atoms with Crippen LogP contribution in [0.3, 0.4) is 0 Å². The van der Waals surface area contributed by atoms with Crippen molar-refractivity contribution in [1.82, 2.24) is 0 Å². The minimum Gasteiger partial charge on any atom is -0.457 e. The standard InChI is InChI=1S/C37H52FNO7/c1-10-30-37(9,43)33-25(4)31(39-27(6)40)23(2)20-35(7,26(5)24(3)32(41)36(8,38)34(42)46-30)45-22-29(21-44-33)19-15-14-18-28-16-12-11-13-17-28/h11-14,16-19,23-26,30,33,43H,10,15,20-22H2,1-9H3/b18-14+,29-19+,39-31?/t23-,24-,25+,26-,30-,33-,35-,36+,37-/m1/s1. The van der Waals surface area contributed by atoms with Crippen molar-refractivity contribution in [2.75, 3.05) is 13.2 Å². The number of ketones is 1. The van der Waals surface area contributed by atoms with E-state index in [-0.39, 0.29) is 25.6 Å². The van der Waals surface area contributed by atoms with Crippen molar-refractivity contribution in [2.45, 2.75) is 111 Å². The monoisotopic (exact) mass is 641 g/mol. The van der Waals surface area contributed by atoms with Crippen LogP contribution in [0, 0.1) is 23.7 Å². The molecule has 1 aromatic carbocycles. The van der Waals surface area contributed by atoms with Crippen molar-refractivity contribution in [3.05, 3.63) is 53.6 Å². The molecule has 46 heavy (non-hydrogen) atoms. The highest BCUT2D eigenvalue weighted by Gasteiger charge is 2.54. The van der Waals surface area contributed by atoms with Crippen molar-refractivity contribution >= 4 is 29.4 Å². The number of carbonyl (C=O) groups is 3. The van der Waals surface area contributed by atoms with E-state index in [0.29, 0.717) is 18.6 Å². The first kappa shape index (κ1) is 37.4. The smallest absolute Gasteiger partial charge is 0.351 e. The van der Waals surface area contributed by atoms with Crippen LogP contribution < -0.4 is 0 Å². The second-order valence-electron chi connectivity index (χ2n) is 13.7. The summed E-state index contributed by atoms with van der Waals surface area (Å²) in [7, 11) is 0. The summed E-state index contributed by atoms with van der Waals surface area (Å²) in [6, 6.07) is 9.93. The van der Waals surface area contributed by atoms with Gasteiger partial charge < -0.3 is 19.3 Å². The zero-order valence-corrected chi connectivity index (χ0v) is 28.8. The number of allylic oxidation sites excluding steroid dienone is 2. The van der Waals surface area contributed by atoms with Gasteiger partial charge in [0, 0.05) is 24.5 Å². The van der Waals surface area contributed by atoms with Crippen molar-refractivity contribution in [3.8, 4) is 0 Å². The molecule has 3 rings (SSSR count). The molecule has 0 saturated carbocycles. The van der Waals surface area contributed by atoms with Crippen molar-refractivity contribution in [2.24, 2.45) is 28.7 Å². The van der Waals surface area contributed by atoms with Crippen LogP contribution in [0.15, 0.2) is 53.0 Å². The third-order valence-corrected chi connectivity index (χ3v) is 9.93. The molecular formula is C37H52FNO7. The Bertz CT molecular complexity index is 1330. The Morgan fingerprint density at radius 1 is 1.07 bits per heavy atom. The summed E-state index contributed by atoms with van der Waals surface area (Å²) >= 11 is 0. The summed E-state index contributed by atoms with van der Waals surface area (Å²) in [5.41, 5.74) is -3.45. The minimum atomic E-state index is -2.95. The Hall–Kier alpha value is -3.01. The predicted molar refractivity (Wildman–Crippen MR) is 177 cm³/mol. The number of cyclic esters (lactones) is 1. The average molecular weight is 642 g/mol. The normalized spacial score (nSPS) is 38.7. The predicted octanol–water partition coefficient (Wildman–Crippen LogP) is 6.50. The SMILES string of the molecule is CC[C@H]1OC(=O)[C@@](C)(F)C(=O)[C@H](C)[C@@H](C)[C@@]2(C)C[C@@H](C)C(=NC(C)=O)[C@H](C)[C@@H](OC/C(=C\C/C=C/c3ccccc3)CO2)[C@]1(C)O. The van der Waals surface area contributed by atoms with Crippen LogP contribution in [0.1, 0.15) is 87.1 Å². The van der Waals surface area contributed by atoms with Gasteiger partial charge in [-0.15, -0.1) is 0 Å². The number of rotatable bonds is 4. The van der Waals surface area contributed by atoms with Crippen LogP contribution in [-0.2, 0) is 28.6 Å². The lowest BCUT2D eigenvalue weighted by Crippen LogP contribution is -2.58. The Kier molecular flexibility index (Phi) is 12.4. The Labute approximate surface area is 273 Å². The van der Waals surface area contributed by atoms with E-state index in [9.17, 15) is 19.5 Å². The van der Waals surface area contributed by atoms with E-state index in [1.165, 1.54) is 13.8 Å². The average Bonchev–Trinajstić information content (AvgIpc) is 3.02. The van der Waals surface area contributed by atoms with Crippen LogP contribution in [0.5, 0.6) is 0 Å². The molecule has 0 aromatic heterocycles. The van der Waals surface area contributed by atoms with Crippen LogP contribution >= 0.6 is 0 Å². The molecule has 0 radical (unpaired) electrons. The molecule has 2 bridgehead atoms. The molecular weight excluding hydrogens is 589 g/mol. The number of halogens is 1. The number of fused-ring (bicyclic) bond motifs is 5. The molecule has 1 aromatic rings. The van der Waals surface area contributed by atoms with Gasteiger partial charge in [0.2, 0.25) is 5.91 Å². The summed E-state index contributed by atoms with van der Waals surface area (Å²) in [5, 5.41) is 12.1. The molecule has 0 spiro atoms. The van der Waals surface area contributed by atoms with Crippen LogP contribution in [0.4, 0.5) is 4.39 Å². The number of Topliss-reactive ketones (excluding diaryl/α,β-unsaturated/α-hetero) is 1. The number of aliphatic hydroxyl groups is 1. The molecule has 9 heteroatoms. The highest BCUT2D eigenvalue weighted by atomic mass is 19.1. The first-order valence-electron chi connectivity index (χ1n) is 16.4. The van der Waals surface area contributed by atoms with Gasteiger partial charge in [-0.05, 0) is 63.0 Å². The topological polar surface area (TPSA) is 111 Å². The number of hydrogen-bond donors (Lipinski definition) is 1. The lowest BCUT2D eigenvalue weighted by Gasteiger charge is -2.44. The number of alkyl halides is 1. The third-order valence-electron chi connectivity index (χ3n) is 9.93. The quantitative estimate of drug-likeness (QED) is 0.227. The maximum Gasteiger partial charge on any atom is 0.351 e. The van der Waals surface area contributed by atoms with E-state index in [1.807, 2.05) is 76.3 Å². The van der Waals surface area contributed by atoms with Crippen LogP contribution in [-0.4, -0.2) is 70.8 Å². The van der Waals surface area contributed by atoms with Gasteiger partial charge in [-0.1, -0.05) is 83.2 Å². The highest BCUT2D eigenvalue weighted by molar-refractivity contribution is 6.07. The fourth-order valence-corrected chi connectivity index (χ4v) is 6.85. The molecule has 9 atom stereocenters. The number of nitrogens with zero attached hydrogens (tertiary/aromatic N) is 1. The number of aliphatic imine (C=N–C) groups is 1. The number of benzene rings is 1. The number of amides is 1. The van der Waals surface area contributed by atoms with E-state index in [1.54, 1.807) is 13.8 Å². The molecule has 8 nitrogen and oxygen atoms in total. The molecule has 2 aliphatic heterocycles. The lowest BCUT2D eigenvalue weighted by molar-refractivity contribution is -0.198. The number of hydrogen-bond acceptors (Lipinski definition) is 7. The van der Waals surface area contributed by atoms with Gasteiger partial charge in [-0.3, -0.25) is 9.59 Å². The van der Waals surface area contributed by atoms with E-state index < -0.39 is 64.5 Å². The minimum absolute atomic E-state index is 0.0657. The van der Waals surface area contributed by atoms with Crippen molar-refractivity contribution < 1.29 is 38.1 Å². The molecule has 1 amide bonds. The summed E-state index contributed by atoms with van der Waals surface area (Å²) < 4.78 is 34.9. The molecule has 0 aliphatic carbocycles. The second kappa shape index (κ2) is 15.3. The fourth-order valence-electron chi connectivity index (χ4n) is 6.85. The Balaban J connectivity index is 2.23. The Morgan fingerprint density at radius 2 is 1.72 bits per heavy atom. The van der Waals surface area contributed by atoms with Crippen LogP contribution in [0.2, 0.25) is 0 Å². The molecule has 2 saturated heterocycles. The maximum atomic E-state index is 16.1. The second-order valence-corrected chi connectivity index (χ2v) is 13.7. The van der Waals surface area contributed by atoms with Gasteiger partial charge >= 0.3 is 5.97 Å².